The number of amides is 1. The molecule has 3 aromatic carbocycles. The Hall–Kier alpha value is -3.86. The third kappa shape index (κ3) is 4.40. The van der Waals surface area contributed by atoms with Crippen molar-refractivity contribution in [1.82, 2.24) is 15.1 Å². The zero-order valence-corrected chi connectivity index (χ0v) is 18.7. The standard InChI is InChI=1S/C28H27N3O2/c1-33-27-13-6-5-10-23(27)19-31-26-12-7-11-25(24(26)18-29-31)30-28(32)22-16-14-21(15-17-22)20-8-3-2-4-9-20/h2-6,8-10,13-18,25H,7,11-12,19H2,1H3,(H,30,32). The number of methoxy groups -OCH3 is 1. The number of para-hydroxylation sites is 1. The van der Waals surface area contributed by atoms with Crippen LogP contribution in [0.25, 0.3) is 11.1 Å². The van der Waals surface area contributed by atoms with Crippen molar-refractivity contribution in [2.75, 3.05) is 7.11 Å². The number of ether oxygens (including phenoxy) is 1. The third-order valence-electron chi connectivity index (χ3n) is 6.33. The SMILES string of the molecule is COc1ccccc1Cn1ncc2c1CCCC2NC(=O)c1ccc(-c2ccccc2)cc1. The number of rotatable bonds is 6. The van der Waals surface area contributed by atoms with Gasteiger partial charge in [-0.3, -0.25) is 9.48 Å². The van der Waals surface area contributed by atoms with Crippen molar-refractivity contribution in [3.63, 3.8) is 0 Å². The van der Waals surface area contributed by atoms with E-state index in [0.29, 0.717) is 12.1 Å². The topological polar surface area (TPSA) is 56.1 Å². The molecule has 5 nitrogen and oxygen atoms in total. The van der Waals surface area contributed by atoms with Crippen LogP contribution in [-0.2, 0) is 13.0 Å². The normalized spacial score (nSPS) is 15.0. The Balaban J connectivity index is 1.31. The second kappa shape index (κ2) is 9.33. The van der Waals surface area contributed by atoms with Crippen molar-refractivity contribution in [2.45, 2.75) is 31.8 Å². The van der Waals surface area contributed by atoms with Gasteiger partial charge in [-0.15, -0.1) is 0 Å². The Morgan fingerprint density at radius 1 is 1.00 bits per heavy atom. The van der Waals surface area contributed by atoms with Crippen LogP contribution in [0.4, 0.5) is 0 Å². The van der Waals surface area contributed by atoms with E-state index < -0.39 is 0 Å². The number of hydrogen-bond acceptors (Lipinski definition) is 3. The molecule has 5 heteroatoms. The van der Waals surface area contributed by atoms with E-state index in [1.807, 2.05) is 71.5 Å². The summed E-state index contributed by atoms with van der Waals surface area (Å²) in [5, 5.41) is 7.89. The largest absolute Gasteiger partial charge is 0.496 e. The second-order valence-corrected chi connectivity index (χ2v) is 8.38. The highest BCUT2D eigenvalue weighted by atomic mass is 16.5. The minimum absolute atomic E-state index is 0.0264. The molecule has 166 valence electrons. The van der Waals surface area contributed by atoms with E-state index in [9.17, 15) is 4.79 Å². The zero-order chi connectivity index (χ0) is 22.6. The molecule has 1 aromatic heterocycles. The highest BCUT2D eigenvalue weighted by Gasteiger charge is 2.26. The molecule has 0 aliphatic heterocycles. The molecule has 1 aliphatic carbocycles. The number of benzene rings is 3. The second-order valence-electron chi connectivity index (χ2n) is 8.38. The van der Waals surface area contributed by atoms with Crippen LogP contribution in [-0.4, -0.2) is 22.8 Å². The molecule has 1 unspecified atom stereocenters. The van der Waals surface area contributed by atoms with Gasteiger partial charge in [0.2, 0.25) is 0 Å². The first-order valence-electron chi connectivity index (χ1n) is 11.4. The van der Waals surface area contributed by atoms with Gasteiger partial charge in [0.1, 0.15) is 5.75 Å². The van der Waals surface area contributed by atoms with Crippen molar-refractivity contribution in [3.05, 3.63) is 107 Å². The predicted molar refractivity (Wildman–Crippen MR) is 129 cm³/mol. The Labute approximate surface area is 194 Å². The quantitative estimate of drug-likeness (QED) is 0.439. The molecule has 1 N–H and O–H groups in total. The minimum Gasteiger partial charge on any atom is -0.496 e. The molecule has 0 saturated heterocycles. The maximum Gasteiger partial charge on any atom is 0.251 e. The van der Waals surface area contributed by atoms with Crippen LogP contribution in [0.2, 0.25) is 0 Å². The number of fused-ring (bicyclic) bond motifs is 1. The lowest BCUT2D eigenvalue weighted by Crippen LogP contribution is -2.31. The van der Waals surface area contributed by atoms with Crippen molar-refractivity contribution in [3.8, 4) is 16.9 Å². The summed E-state index contributed by atoms with van der Waals surface area (Å²) >= 11 is 0. The molecular formula is C28H27N3O2. The first-order chi connectivity index (χ1) is 16.2. The highest BCUT2D eigenvalue weighted by Crippen LogP contribution is 2.31. The van der Waals surface area contributed by atoms with Crippen LogP contribution in [0.3, 0.4) is 0 Å². The number of nitrogens with zero attached hydrogens (tertiary/aromatic N) is 2. The lowest BCUT2D eigenvalue weighted by molar-refractivity contribution is 0.0932. The number of aromatic nitrogens is 2. The molecule has 5 rings (SSSR count). The molecule has 0 radical (unpaired) electrons. The number of carbonyl (C=O) groups excluding carboxylic acids is 1. The molecule has 1 heterocycles. The number of nitrogens with one attached hydrogen (secondary N) is 1. The van der Waals surface area contributed by atoms with Gasteiger partial charge in [-0.2, -0.15) is 5.10 Å². The van der Waals surface area contributed by atoms with Crippen LogP contribution in [0, 0.1) is 0 Å². The number of carbonyl (C=O) groups is 1. The first kappa shape index (κ1) is 21.0. The lowest BCUT2D eigenvalue weighted by Gasteiger charge is -2.24. The molecule has 4 aromatic rings. The Bertz CT molecular complexity index is 1250. The maximum atomic E-state index is 13.0. The van der Waals surface area contributed by atoms with Crippen LogP contribution < -0.4 is 10.1 Å². The summed E-state index contributed by atoms with van der Waals surface area (Å²) in [5.74, 6) is 0.811. The van der Waals surface area contributed by atoms with Gasteiger partial charge in [0.25, 0.3) is 5.91 Å². The average Bonchev–Trinajstić information content (AvgIpc) is 3.29. The third-order valence-corrected chi connectivity index (χ3v) is 6.33. The summed E-state index contributed by atoms with van der Waals surface area (Å²) in [5.41, 5.74) is 6.31. The predicted octanol–water partition coefficient (Wildman–Crippen LogP) is 5.41. The van der Waals surface area contributed by atoms with Gasteiger partial charge in [-0.05, 0) is 48.6 Å². The molecule has 0 fully saturated rings. The van der Waals surface area contributed by atoms with E-state index >= 15 is 0 Å². The van der Waals surface area contributed by atoms with Crippen LogP contribution >= 0.6 is 0 Å². The van der Waals surface area contributed by atoms with Crippen molar-refractivity contribution in [2.24, 2.45) is 0 Å². The molecule has 33 heavy (non-hydrogen) atoms. The van der Waals surface area contributed by atoms with Crippen LogP contribution in [0.5, 0.6) is 5.75 Å². The van der Waals surface area contributed by atoms with E-state index in [-0.39, 0.29) is 11.9 Å². The maximum absolute atomic E-state index is 13.0. The van der Waals surface area contributed by atoms with Gasteiger partial charge in [0.05, 0.1) is 25.9 Å². The van der Waals surface area contributed by atoms with Gasteiger partial charge in [0, 0.05) is 22.4 Å². The number of hydrogen-bond donors (Lipinski definition) is 1. The van der Waals surface area contributed by atoms with E-state index in [2.05, 4.69) is 28.6 Å². The van der Waals surface area contributed by atoms with Gasteiger partial charge in [-0.25, -0.2) is 0 Å². The fraction of sp³-hybridized carbons (Fsp3) is 0.214. The molecule has 0 spiro atoms. The van der Waals surface area contributed by atoms with E-state index in [1.54, 1.807) is 7.11 Å². The van der Waals surface area contributed by atoms with E-state index in [4.69, 9.17) is 4.74 Å². The molecule has 0 saturated carbocycles. The fourth-order valence-corrected chi connectivity index (χ4v) is 4.59. The molecule has 1 atom stereocenters. The van der Waals surface area contributed by atoms with Crippen molar-refractivity contribution >= 4 is 5.91 Å². The first-order valence-corrected chi connectivity index (χ1v) is 11.4. The Kier molecular flexibility index (Phi) is 5.94. The fourth-order valence-electron chi connectivity index (χ4n) is 4.59. The minimum atomic E-state index is -0.0510. The highest BCUT2D eigenvalue weighted by molar-refractivity contribution is 5.95. The Morgan fingerprint density at radius 2 is 1.73 bits per heavy atom. The van der Waals surface area contributed by atoms with E-state index in [0.717, 1.165) is 47.3 Å². The van der Waals surface area contributed by atoms with Gasteiger partial charge in [0.15, 0.2) is 0 Å². The molecule has 1 amide bonds. The van der Waals surface area contributed by atoms with Gasteiger partial charge in [-0.1, -0.05) is 60.7 Å². The average molecular weight is 438 g/mol. The summed E-state index contributed by atoms with van der Waals surface area (Å²) in [4.78, 5) is 13.0. The van der Waals surface area contributed by atoms with Gasteiger partial charge >= 0.3 is 0 Å². The summed E-state index contributed by atoms with van der Waals surface area (Å²) in [6.07, 6.45) is 4.81. The van der Waals surface area contributed by atoms with Gasteiger partial charge < -0.3 is 10.1 Å². The summed E-state index contributed by atoms with van der Waals surface area (Å²) in [6.45, 7) is 0.654. The van der Waals surface area contributed by atoms with E-state index in [1.165, 1.54) is 5.69 Å². The Morgan fingerprint density at radius 3 is 2.52 bits per heavy atom. The van der Waals surface area contributed by atoms with Crippen LogP contribution in [0.1, 0.15) is 46.1 Å². The summed E-state index contributed by atoms with van der Waals surface area (Å²) < 4.78 is 7.54. The van der Waals surface area contributed by atoms with Crippen molar-refractivity contribution < 1.29 is 9.53 Å². The summed E-state index contributed by atoms with van der Waals surface area (Å²) in [7, 11) is 1.69. The van der Waals surface area contributed by atoms with Crippen LogP contribution in [0.15, 0.2) is 85.1 Å². The molecular weight excluding hydrogens is 410 g/mol. The lowest BCUT2D eigenvalue weighted by atomic mass is 9.92. The van der Waals surface area contributed by atoms with Crippen molar-refractivity contribution in [1.29, 1.82) is 0 Å². The molecule has 1 aliphatic rings. The smallest absolute Gasteiger partial charge is 0.251 e. The zero-order valence-electron chi connectivity index (χ0n) is 18.7. The summed E-state index contributed by atoms with van der Waals surface area (Å²) in [6, 6.07) is 26.0. The monoisotopic (exact) mass is 437 g/mol. The molecule has 0 bridgehead atoms.